The summed E-state index contributed by atoms with van der Waals surface area (Å²) in [6.45, 7) is 11.0. The van der Waals surface area contributed by atoms with Crippen LogP contribution in [0, 0.1) is 45.3 Å². The minimum Gasteiger partial charge on any atom is -0.478 e. The molecule has 50 heavy (non-hydrogen) atoms. The Kier molecular flexibility index (Phi) is 10.6. The monoisotopic (exact) mass is 692 g/mol. The Morgan fingerprint density at radius 2 is 1.70 bits per heavy atom. The molecular weight excluding hydrogens is 636 g/mol. The van der Waals surface area contributed by atoms with Crippen molar-refractivity contribution in [2.75, 3.05) is 6.61 Å². The van der Waals surface area contributed by atoms with Gasteiger partial charge >= 0.3 is 5.97 Å². The van der Waals surface area contributed by atoms with Gasteiger partial charge in [-0.15, -0.1) is 0 Å². The summed E-state index contributed by atoms with van der Waals surface area (Å²) in [7, 11) is 0. The van der Waals surface area contributed by atoms with Gasteiger partial charge in [-0.05, 0) is 73.0 Å². The zero-order chi connectivity index (χ0) is 37.0. The first-order valence-electron chi connectivity index (χ1n) is 18.2. The molecule has 0 spiro atoms. The van der Waals surface area contributed by atoms with E-state index >= 15 is 0 Å². The lowest BCUT2D eigenvalue weighted by atomic mass is 9.39. The molecule has 5 rings (SSSR count). The largest absolute Gasteiger partial charge is 0.478 e. The van der Waals surface area contributed by atoms with Crippen LogP contribution in [0.3, 0.4) is 0 Å². The Bertz CT molecular complexity index is 1570. The molecular formula is C41H56O9. The van der Waals surface area contributed by atoms with Crippen molar-refractivity contribution >= 4 is 23.6 Å². The van der Waals surface area contributed by atoms with Crippen molar-refractivity contribution in [1.82, 2.24) is 0 Å². The van der Waals surface area contributed by atoms with Gasteiger partial charge in [0.25, 0.3) is 0 Å². The predicted molar refractivity (Wildman–Crippen MR) is 189 cm³/mol. The number of rotatable bonds is 11. The van der Waals surface area contributed by atoms with Crippen LogP contribution in [0.5, 0.6) is 0 Å². The summed E-state index contributed by atoms with van der Waals surface area (Å²) in [6, 6.07) is 9.69. The van der Waals surface area contributed by atoms with Crippen LogP contribution in [0.2, 0.25) is 0 Å². The fourth-order valence-corrected chi connectivity index (χ4v) is 11.4. The molecule has 4 aliphatic rings. The minimum atomic E-state index is -1.22. The minimum absolute atomic E-state index is 0.0696. The molecule has 0 radical (unpaired) electrons. The molecule has 6 N–H and O–H groups in total. The van der Waals surface area contributed by atoms with Gasteiger partial charge < -0.3 is 30.6 Å². The summed E-state index contributed by atoms with van der Waals surface area (Å²) >= 11 is 0. The molecule has 2 saturated carbocycles. The van der Waals surface area contributed by atoms with Crippen LogP contribution in [0.25, 0.3) is 6.08 Å². The summed E-state index contributed by atoms with van der Waals surface area (Å²) in [5, 5.41) is 66.1. The number of benzene rings is 1. The molecule has 1 aromatic carbocycles. The number of carbonyl (C=O) groups is 3. The molecule has 2 fully saturated rings. The number of hydrogen-bond donors (Lipinski definition) is 6. The van der Waals surface area contributed by atoms with E-state index in [1.54, 1.807) is 0 Å². The second kappa shape index (κ2) is 13.9. The summed E-state index contributed by atoms with van der Waals surface area (Å²) in [6.07, 6.45) is 2.11. The highest BCUT2D eigenvalue weighted by Crippen LogP contribution is 2.73. The van der Waals surface area contributed by atoms with E-state index in [1.807, 2.05) is 77.1 Å². The van der Waals surface area contributed by atoms with E-state index < -0.39 is 63.9 Å². The molecule has 0 bridgehead atoms. The number of ketones is 2. The number of carboxylic acid groups (broad SMARTS) is 1. The highest BCUT2D eigenvalue weighted by Gasteiger charge is 2.72. The number of carboxylic acids is 1. The molecule has 9 nitrogen and oxygen atoms in total. The predicted octanol–water partition coefficient (Wildman–Crippen LogP) is 4.90. The third kappa shape index (κ3) is 6.07. The first kappa shape index (κ1) is 38.3. The molecule has 1 aromatic rings. The first-order valence-corrected chi connectivity index (χ1v) is 18.2. The number of aliphatic hydroxyl groups excluding tert-OH is 5. The summed E-state index contributed by atoms with van der Waals surface area (Å²) in [4.78, 5) is 40.1. The number of allylic oxidation sites excluding steroid dienone is 1. The summed E-state index contributed by atoms with van der Waals surface area (Å²) < 4.78 is 0. The van der Waals surface area contributed by atoms with E-state index in [1.165, 1.54) is 13.0 Å². The normalized spacial score (nSPS) is 37.3. The number of carbonyl (C=O) groups excluding carboxylic acids is 2. The number of Topliss-reactive ketones (excluding diaryl/α,β-unsaturated/α-hetero) is 2. The molecule has 0 amide bonds. The van der Waals surface area contributed by atoms with Crippen LogP contribution >= 0.6 is 0 Å². The highest BCUT2D eigenvalue weighted by atomic mass is 16.4. The Labute approximate surface area is 295 Å². The van der Waals surface area contributed by atoms with Crippen LogP contribution in [0.4, 0.5) is 0 Å². The third-order valence-corrected chi connectivity index (χ3v) is 13.4. The topological polar surface area (TPSA) is 173 Å². The Hall–Kier alpha value is -2.95. The zero-order valence-corrected chi connectivity index (χ0v) is 30.3. The van der Waals surface area contributed by atoms with Crippen molar-refractivity contribution in [2.24, 2.45) is 45.3 Å². The third-order valence-electron chi connectivity index (χ3n) is 13.4. The van der Waals surface area contributed by atoms with Crippen molar-refractivity contribution in [3.63, 3.8) is 0 Å². The lowest BCUT2D eigenvalue weighted by molar-refractivity contribution is -0.152. The lowest BCUT2D eigenvalue weighted by Gasteiger charge is -2.63. The molecule has 9 heteroatoms. The summed E-state index contributed by atoms with van der Waals surface area (Å²) in [5.74, 6) is -2.82. The lowest BCUT2D eigenvalue weighted by Crippen LogP contribution is -2.64. The average molecular weight is 693 g/mol. The Morgan fingerprint density at radius 3 is 2.30 bits per heavy atom. The maximum absolute atomic E-state index is 14.8. The van der Waals surface area contributed by atoms with Gasteiger partial charge in [0.05, 0.1) is 24.4 Å². The van der Waals surface area contributed by atoms with Crippen molar-refractivity contribution in [3.8, 4) is 0 Å². The molecule has 0 unspecified atom stereocenters. The average Bonchev–Trinajstić information content (AvgIpc) is 3.25. The summed E-state index contributed by atoms with van der Waals surface area (Å²) in [5.41, 5.74) is -1.87. The van der Waals surface area contributed by atoms with E-state index in [4.69, 9.17) is 0 Å². The number of aliphatic hydroxyl groups is 5. The van der Waals surface area contributed by atoms with Gasteiger partial charge in [0.1, 0.15) is 5.78 Å². The van der Waals surface area contributed by atoms with Crippen LogP contribution in [-0.2, 0) is 14.4 Å². The van der Waals surface area contributed by atoms with Gasteiger partial charge in [-0.3, -0.25) is 9.59 Å². The molecule has 0 aliphatic heterocycles. The molecule has 0 heterocycles. The van der Waals surface area contributed by atoms with Crippen LogP contribution in [0.1, 0.15) is 92.1 Å². The Morgan fingerprint density at radius 1 is 1.04 bits per heavy atom. The quantitative estimate of drug-likeness (QED) is 0.177. The van der Waals surface area contributed by atoms with Gasteiger partial charge in [-0.2, -0.15) is 0 Å². The van der Waals surface area contributed by atoms with E-state index in [-0.39, 0.29) is 67.7 Å². The van der Waals surface area contributed by atoms with Gasteiger partial charge in [-0.1, -0.05) is 77.1 Å². The second-order valence-corrected chi connectivity index (χ2v) is 16.8. The highest BCUT2D eigenvalue weighted by molar-refractivity contribution is 6.01. The number of aliphatic carboxylic acids is 1. The van der Waals surface area contributed by atoms with E-state index in [0.29, 0.717) is 24.0 Å². The van der Waals surface area contributed by atoms with Crippen LogP contribution in [0.15, 0.2) is 59.2 Å². The van der Waals surface area contributed by atoms with Crippen molar-refractivity contribution < 1.29 is 45.0 Å². The maximum atomic E-state index is 14.8. The van der Waals surface area contributed by atoms with E-state index in [9.17, 15) is 45.0 Å². The second-order valence-electron chi connectivity index (χ2n) is 16.8. The standard InChI is InChI=1S/C41H56O9/c1-23(18-27(44)20-26(37(49)50)19-24(2)43)29-21-32(47)41(16-17-42)34-33(30(45)22-40(29,41)6)39(5)15-14-31(46)38(3,4)36(39)28(35(34)48)13-12-25-10-8-7-9-11-25/h7-13,20,23-24,27-29,32,35-36,42-44,47-48H,14-19,21-22H2,1-6H3,(H,49,50)/b13-12+,26-20+/t23-,24+,27+,28+,29-,32+,35-,36-,39-,40-,41+/m1/s1. The number of hydrogen-bond acceptors (Lipinski definition) is 8. The maximum Gasteiger partial charge on any atom is 0.331 e. The van der Waals surface area contributed by atoms with Crippen molar-refractivity contribution in [3.05, 3.63) is 64.8 Å². The molecule has 0 aromatic heterocycles. The first-order chi connectivity index (χ1) is 23.4. The van der Waals surface area contributed by atoms with Crippen LogP contribution < -0.4 is 0 Å². The van der Waals surface area contributed by atoms with Crippen molar-refractivity contribution in [1.29, 1.82) is 0 Å². The zero-order valence-electron chi connectivity index (χ0n) is 30.3. The van der Waals surface area contributed by atoms with E-state index in [0.717, 1.165) is 5.56 Å². The van der Waals surface area contributed by atoms with Gasteiger partial charge in [-0.25, -0.2) is 4.79 Å². The Balaban J connectivity index is 1.65. The van der Waals surface area contributed by atoms with Crippen LogP contribution in [-0.4, -0.2) is 79.2 Å². The van der Waals surface area contributed by atoms with Gasteiger partial charge in [0.15, 0.2) is 5.78 Å². The molecule has 0 saturated heterocycles. The molecule has 274 valence electrons. The van der Waals surface area contributed by atoms with E-state index in [2.05, 4.69) is 0 Å². The number of fused-ring (bicyclic) bond motifs is 4. The van der Waals surface area contributed by atoms with Crippen molar-refractivity contribution in [2.45, 2.75) is 111 Å². The fraction of sp³-hybridized carbons (Fsp3) is 0.634. The van der Waals surface area contributed by atoms with Gasteiger partial charge in [0.2, 0.25) is 0 Å². The molecule has 11 atom stereocenters. The molecule has 4 aliphatic carbocycles. The SMILES string of the molecule is C[C@H](O)C/C(=C\[C@@H](O)C[C@@H](C)[C@H]1C[C@H](O)[C@@]2(CCO)C3=C(C(=O)C[C@]12C)[C@@]1(C)CCC(=O)C(C)(C)[C@H]1[C@@H](/C=C/c1ccccc1)[C@H]3O)C(=O)O. The van der Waals surface area contributed by atoms with Gasteiger partial charge in [0, 0.05) is 59.2 Å². The smallest absolute Gasteiger partial charge is 0.331 e. The fourth-order valence-electron chi connectivity index (χ4n) is 11.4.